The van der Waals surface area contributed by atoms with Crippen LogP contribution in [0.2, 0.25) is 0 Å². The number of phenols is 1. The third kappa shape index (κ3) is 2.40. The van der Waals surface area contributed by atoms with Gasteiger partial charge in [0.05, 0.1) is 7.11 Å². The molecule has 0 fully saturated rings. The highest BCUT2D eigenvalue weighted by atomic mass is 16.5. The first-order valence-corrected chi connectivity index (χ1v) is 4.72. The van der Waals surface area contributed by atoms with E-state index >= 15 is 0 Å². The molecule has 1 aromatic carbocycles. The summed E-state index contributed by atoms with van der Waals surface area (Å²) in [6, 6.07) is 4.62. The Hall–Kier alpha value is -1.71. The smallest absolute Gasteiger partial charge is 0.253 e. The Labute approximate surface area is 89.1 Å². The Morgan fingerprint density at radius 1 is 1.53 bits per heavy atom. The van der Waals surface area contributed by atoms with Gasteiger partial charge < -0.3 is 14.7 Å². The summed E-state index contributed by atoms with van der Waals surface area (Å²) in [4.78, 5) is 13.3. The third-order valence-electron chi connectivity index (χ3n) is 2.25. The van der Waals surface area contributed by atoms with Gasteiger partial charge in [-0.1, -0.05) is 0 Å². The van der Waals surface area contributed by atoms with Crippen LogP contribution in [0.1, 0.15) is 17.3 Å². The minimum absolute atomic E-state index is 0.0205. The van der Waals surface area contributed by atoms with Crippen molar-refractivity contribution in [3.05, 3.63) is 23.8 Å². The average Bonchev–Trinajstić information content (AvgIpc) is 2.26. The van der Waals surface area contributed by atoms with E-state index in [-0.39, 0.29) is 11.7 Å². The van der Waals surface area contributed by atoms with Crippen LogP contribution in [0.25, 0.3) is 0 Å². The van der Waals surface area contributed by atoms with E-state index in [1.807, 2.05) is 6.92 Å². The highest BCUT2D eigenvalue weighted by molar-refractivity contribution is 5.94. The number of benzene rings is 1. The highest BCUT2D eigenvalue weighted by Crippen LogP contribution is 2.26. The maximum absolute atomic E-state index is 11.7. The molecular formula is C11H15NO3. The number of phenolic OH excluding ortho intramolecular Hbond substituents is 1. The molecule has 0 atom stereocenters. The molecule has 0 aliphatic carbocycles. The van der Waals surface area contributed by atoms with E-state index in [1.54, 1.807) is 24.1 Å². The van der Waals surface area contributed by atoms with E-state index in [1.165, 1.54) is 13.2 Å². The first-order chi connectivity index (χ1) is 7.10. The maximum Gasteiger partial charge on any atom is 0.253 e. The van der Waals surface area contributed by atoms with Crippen LogP contribution in [0.3, 0.4) is 0 Å². The molecule has 4 nitrogen and oxygen atoms in total. The Bertz CT molecular complexity index is 363. The van der Waals surface area contributed by atoms with Crippen LogP contribution >= 0.6 is 0 Å². The SMILES string of the molecule is CCN(C)C(=O)c1ccc(OC)c(O)c1. The van der Waals surface area contributed by atoms with Crippen molar-refractivity contribution in [1.82, 2.24) is 4.90 Å². The molecule has 0 saturated carbocycles. The molecule has 82 valence electrons. The molecule has 0 unspecified atom stereocenters. The number of amides is 1. The van der Waals surface area contributed by atoms with Crippen molar-refractivity contribution in [3.8, 4) is 11.5 Å². The number of nitrogens with zero attached hydrogens (tertiary/aromatic N) is 1. The third-order valence-corrected chi connectivity index (χ3v) is 2.25. The van der Waals surface area contributed by atoms with Gasteiger partial charge in [0.15, 0.2) is 11.5 Å². The predicted molar refractivity (Wildman–Crippen MR) is 57.3 cm³/mol. The number of aromatic hydroxyl groups is 1. The molecule has 0 saturated heterocycles. The van der Waals surface area contributed by atoms with Crippen LogP contribution in [0.4, 0.5) is 0 Å². The number of carbonyl (C=O) groups is 1. The molecule has 0 aliphatic rings. The Morgan fingerprint density at radius 2 is 2.20 bits per heavy atom. The molecular weight excluding hydrogens is 194 g/mol. The summed E-state index contributed by atoms with van der Waals surface area (Å²) in [5.41, 5.74) is 0.456. The lowest BCUT2D eigenvalue weighted by molar-refractivity contribution is 0.0802. The van der Waals surface area contributed by atoms with Gasteiger partial charge in [-0.05, 0) is 25.1 Å². The summed E-state index contributed by atoms with van der Waals surface area (Å²) in [5, 5.41) is 9.50. The monoisotopic (exact) mass is 209 g/mol. The molecule has 1 rings (SSSR count). The molecule has 1 aromatic rings. The molecule has 0 heterocycles. The average molecular weight is 209 g/mol. The molecule has 1 N–H and O–H groups in total. The van der Waals surface area contributed by atoms with E-state index in [9.17, 15) is 9.90 Å². The van der Waals surface area contributed by atoms with E-state index in [0.29, 0.717) is 17.9 Å². The van der Waals surface area contributed by atoms with Crippen LogP contribution in [0.15, 0.2) is 18.2 Å². The largest absolute Gasteiger partial charge is 0.504 e. The molecule has 0 radical (unpaired) electrons. The second kappa shape index (κ2) is 4.68. The minimum atomic E-state index is -0.115. The van der Waals surface area contributed by atoms with Crippen LogP contribution in [-0.4, -0.2) is 36.6 Å². The van der Waals surface area contributed by atoms with E-state index in [0.717, 1.165) is 0 Å². The summed E-state index contributed by atoms with van der Waals surface area (Å²) < 4.78 is 4.89. The Morgan fingerprint density at radius 3 is 2.67 bits per heavy atom. The number of methoxy groups -OCH3 is 1. The number of carbonyl (C=O) groups excluding carboxylic acids is 1. The van der Waals surface area contributed by atoms with Crippen LogP contribution < -0.4 is 4.74 Å². The quantitative estimate of drug-likeness (QED) is 0.820. The lowest BCUT2D eigenvalue weighted by Crippen LogP contribution is -2.26. The van der Waals surface area contributed by atoms with Crippen molar-refractivity contribution in [1.29, 1.82) is 0 Å². The fraction of sp³-hybridized carbons (Fsp3) is 0.364. The second-order valence-corrected chi connectivity index (χ2v) is 3.21. The van der Waals surface area contributed by atoms with Gasteiger partial charge in [0.25, 0.3) is 5.91 Å². The molecule has 15 heavy (non-hydrogen) atoms. The predicted octanol–water partition coefficient (Wildman–Crippen LogP) is 1.49. The highest BCUT2D eigenvalue weighted by Gasteiger charge is 2.12. The van der Waals surface area contributed by atoms with Crippen molar-refractivity contribution in [3.63, 3.8) is 0 Å². The van der Waals surface area contributed by atoms with E-state index in [4.69, 9.17) is 4.74 Å². The van der Waals surface area contributed by atoms with Gasteiger partial charge in [-0.3, -0.25) is 4.79 Å². The van der Waals surface area contributed by atoms with Gasteiger partial charge in [-0.2, -0.15) is 0 Å². The van der Waals surface area contributed by atoms with Gasteiger partial charge >= 0.3 is 0 Å². The Kier molecular flexibility index (Phi) is 3.55. The summed E-state index contributed by atoms with van der Waals surface area (Å²) in [6.07, 6.45) is 0. The first-order valence-electron chi connectivity index (χ1n) is 4.72. The molecule has 1 amide bonds. The van der Waals surface area contributed by atoms with Gasteiger partial charge in [0, 0.05) is 19.2 Å². The standard InChI is InChI=1S/C11H15NO3/c1-4-12(2)11(14)8-5-6-10(15-3)9(13)7-8/h5-7,13H,4H2,1-3H3. The van der Waals surface area contributed by atoms with Crippen molar-refractivity contribution in [2.24, 2.45) is 0 Å². The van der Waals surface area contributed by atoms with Gasteiger partial charge in [0.1, 0.15) is 0 Å². The zero-order valence-electron chi connectivity index (χ0n) is 9.15. The normalized spacial score (nSPS) is 9.80. The summed E-state index contributed by atoms with van der Waals surface area (Å²) in [7, 11) is 3.18. The van der Waals surface area contributed by atoms with Gasteiger partial charge in [-0.25, -0.2) is 0 Å². The van der Waals surface area contributed by atoms with Crippen LogP contribution in [-0.2, 0) is 0 Å². The van der Waals surface area contributed by atoms with E-state index < -0.39 is 0 Å². The van der Waals surface area contributed by atoms with Crippen LogP contribution in [0, 0.1) is 0 Å². The van der Waals surface area contributed by atoms with Crippen molar-refractivity contribution in [2.45, 2.75) is 6.92 Å². The van der Waals surface area contributed by atoms with Crippen molar-refractivity contribution in [2.75, 3.05) is 20.7 Å². The van der Waals surface area contributed by atoms with Gasteiger partial charge in [0.2, 0.25) is 0 Å². The molecule has 4 heteroatoms. The lowest BCUT2D eigenvalue weighted by Gasteiger charge is -2.14. The number of hydrogen-bond acceptors (Lipinski definition) is 3. The zero-order chi connectivity index (χ0) is 11.4. The van der Waals surface area contributed by atoms with Crippen LogP contribution in [0.5, 0.6) is 11.5 Å². The first kappa shape index (κ1) is 11.4. The molecule has 0 aromatic heterocycles. The number of hydrogen-bond donors (Lipinski definition) is 1. The fourth-order valence-corrected chi connectivity index (χ4v) is 1.19. The number of ether oxygens (including phenoxy) is 1. The summed E-state index contributed by atoms with van der Waals surface area (Å²) in [5.74, 6) is 0.231. The molecule has 0 bridgehead atoms. The van der Waals surface area contributed by atoms with E-state index in [2.05, 4.69) is 0 Å². The summed E-state index contributed by atoms with van der Waals surface area (Å²) >= 11 is 0. The maximum atomic E-state index is 11.7. The zero-order valence-corrected chi connectivity index (χ0v) is 9.15. The van der Waals surface area contributed by atoms with Crippen molar-refractivity contribution >= 4 is 5.91 Å². The Balaban J connectivity index is 2.97. The second-order valence-electron chi connectivity index (χ2n) is 3.21. The van der Waals surface area contributed by atoms with Crippen molar-refractivity contribution < 1.29 is 14.6 Å². The molecule has 0 spiro atoms. The topological polar surface area (TPSA) is 49.8 Å². The fourth-order valence-electron chi connectivity index (χ4n) is 1.19. The number of rotatable bonds is 3. The minimum Gasteiger partial charge on any atom is -0.504 e. The lowest BCUT2D eigenvalue weighted by atomic mass is 10.2. The van der Waals surface area contributed by atoms with Gasteiger partial charge in [-0.15, -0.1) is 0 Å². The molecule has 0 aliphatic heterocycles. The summed E-state index contributed by atoms with van der Waals surface area (Å²) in [6.45, 7) is 2.52.